The van der Waals surface area contributed by atoms with E-state index in [1.54, 1.807) is 6.92 Å². The van der Waals surface area contributed by atoms with E-state index >= 15 is 0 Å². The van der Waals surface area contributed by atoms with Gasteiger partial charge in [0.1, 0.15) is 17.4 Å². The van der Waals surface area contributed by atoms with E-state index in [0.29, 0.717) is 36.0 Å². The molecule has 0 aliphatic rings. The first-order chi connectivity index (χ1) is 16.6. The number of thiazole rings is 1. The monoisotopic (exact) mass is 507 g/mol. The topological polar surface area (TPSA) is 57.7 Å². The van der Waals surface area contributed by atoms with Gasteiger partial charge in [0.2, 0.25) is 0 Å². The van der Waals surface area contributed by atoms with Gasteiger partial charge in [-0.15, -0.1) is 11.3 Å². The van der Waals surface area contributed by atoms with Crippen LogP contribution in [-0.2, 0) is 33.5 Å². The number of benzene rings is 2. The molecule has 0 radical (unpaired) electrons. The summed E-state index contributed by atoms with van der Waals surface area (Å²) < 4.78 is 55.1. The third-order valence-corrected chi connectivity index (χ3v) is 6.54. The minimum atomic E-state index is -4.37. The van der Waals surface area contributed by atoms with Crippen molar-refractivity contribution < 1.29 is 32.2 Å². The van der Waals surface area contributed by atoms with Gasteiger partial charge in [-0.05, 0) is 63.1 Å². The van der Waals surface area contributed by atoms with Gasteiger partial charge in [0.05, 0.1) is 22.7 Å². The van der Waals surface area contributed by atoms with E-state index in [0.717, 1.165) is 33.8 Å². The molecule has 2 aromatic carbocycles. The highest BCUT2D eigenvalue weighted by Crippen LogP contribution is 2.33. The fraction of sp³-hybridized carbons (Fsp3) is 0.385. The first-order valence-electron chi connectivity index (χ1n) is 11.3. The standard InChI is InChI=1S/C26H28F3NO4S/c1-5-32-22(25(31)33-6-2)14-19-9-12-21(13-16(19)3)34-15-23-17(4)30-24(35-23)18-7-10-20(11-8-18)26(27,28)29/h7-13,22H,5-6,14-15H2,1-4H3. The summed E-state index contributed by atoms with van der Waals surface area (Å²) in [5.74, 6) is 0.290. The number of hydrogen-bond donors (Lipinski definition) is 0. The maximum atomic E-state index is 12.8. The van der Waals surface area contributed by atoms with Crippen LogP contribution in [0, 0.1) is 13.8 Å². The second kappa shape index (κ2) is 11.7. The molecule has 0 fully saturated rings. The van der Waals surface area contributed by atoms with E-state index in [2.05, 4.69) is 4.98 Å². The number of carbonyl (C=O) groups excluding carboxylic acids is 1. The van der Waals surface area contributed by atoms with E-state index in [1.165, 1.54) is 23.5 Å². The summed E-state index contributed by atoms with van der Waals surface area (Å²) in [6, 6.07) is 10.6. The lowest BCUT2D eigenvalue weighted by atomic mass is 10.0. The number of aryl methyl sites for hydroxylation is 2. The van der Waals surface area contributed by atoms with Crippen LogP contribution in [0.5, 0.6) is 5.75 Å². The summed E-state index contributed by atoms with van der Waals surface area (Å²) in [6.07, 6.45) is -4.62. The number of carbonyl (C=O) groups is 1. The molecule has 188 valence electrons. The van der Waals surface area contributed by atoms with E-state index in [9.17, 15) is 18.0 Å². The molecule has 0 spiro atoms. The summed E-state index contributed by atoms with van der Waals surface area (Å²) in [5, 5.41) is 0.641. The lowest BCUT2D eigenvalue weighted by molar-refractivity contribution is -0.156. The van der Waals surface area contributed by atoms with Gasteiger partial charge in [-0.2, -0.15) is 13.2 Å². The van der Waals surface area contributed by atoms with Crippen LogP contribution >= 0.6 is 11.3 Å². The van der Waals surface area contributed by atoms with Gasteiger partial charge in [0.15, 0.2) is 6.10 Å². The predicted molar refractivity (Wildman–Crippen MR) is 129 cm³/mol. The van der Waals surface area contributed by atoms with Crippen LogP contribution in [0.25, 0.3) is 10.6 Å². The van der Waals surface area contributed by atoms with Gasteiger partial charge < -0.3 is 14.2 Å². The van der Waals surface area contributed by atoms with Crippen LogP contribution in [0.4, 0.5) is 13.2 Å². The zero-order valence-electron chi connectivity index (χ0n) is 20.1. The van der Waals surface area contributed by atoms with Crippen LogP contribution < -0.4 is 4.74 Å². The molecular formula is C26H28F3NO4S. The summed E-state index contributed by atoms with van der Waals surface area (Å²) in [5.41, 5.74) is 2.63. The molecule has 1 aromatic heterocycles. The van der Waals surface area contributed by atoms with Gasteiger partial charge in [0.25, 0.3) is 0 Å². The third-order valence-electron chi connectivity index (χ3n) is 5.36. The van der Waals surface area contributed by atoms with Gasteiger partial charge in [0, 0.05) is 18.6 Å². The van der Waals surface area contributed by atoms with Crippen molar-refractivity contribution in [1.29, 1.82) is 0 Å². The fourth-order valence-electron chi connectivity index (χ4n) is 3.47. The van der Waals surface area contributed by atoms with Crippen molar-refractivity contribution >= 4 is 17.3 Å². The largest absolute Gasteiger partial charge is 0.488 e. The van der Waals surface area contributed by atoms with Gasteiger partial charge in [-0.3, -0.25) is 0 Å². The fourth-order valence-corrected chi connectivity index (χ4v) is 4.45. The minimum Gasteiger partial charge on any atom is -0.488 e. The van der Waals surface area contributed by atoms with Crippen molar-refractivity contribution in [2.75, 3.05) is 13.2 Å². The predicted octanol–water partition coefficient (Wildman–Crippen LogP) is 6.54. The molecule has 1 heterocycles. The van der Waals surface area contributed by atoms with Crippen LogP contribution in [-0.4, -0.2) is 30.3 Å². The Bertz CT molecular complexity index is 1140. The lowest BCUT2D eigenvalue weighted by Gasteiger charge is -2.17. The van der Waals surface area contributed by atoms with Gasteiger partial charge in [-0.25, -0.2) is 9.78 Å². The maximum absolute atomic E-state index is 12.8. The second-order valence-electron chi connectivity index (χ2n) is 7.88. The molecule has 3 aromatic rings. The Kier molecular flexibility index (Phi) is 8.91. The van der Waals surface area contributed by atoms with Crippen molar-refractivity contribution in [2.45, 2.75) is 53.0 Å². The Labute approximate surface area is 206 Å². The average Bonchev–Trinajstić information content (AvgIpc) is 3.19. The summed E-state index contributed by atoms with van der Waals surface area (Å²) in [4.78, 5) is 17.5. The Balaban J connectivity index is 1.66. The molecule has 3 rings (SSSR count). The van der Waals surface area contributed by atoms with Crippen LogP contribution in [0.1, 0.15) is 41.1 Å². The van der Waals surface area contributed by atoms with Crippen molar-refractivity contribution in [2.24, 2.45) is 0 Å². The zero-order valence-corrected chi connectivity index (χ0v) is 20.9. The quantitative estimate of drug-likeness (QED) is 0.292. The van der Waals surface area contributed by atoms with Crippen LogP contribution in [0.15, 0.2) is 42.5 Å². The number of halogens is 3. The number of rotatable bonds is 10. The number of ether oxygens (including phenoxy) is 3. The number of esters is 1. The summed E-state index contributed by atoms with van der Waals surface area (Å²) in [6.45, 7) is 8.37. The normalized spacial score (nSPS) is 12.4. The van der Waals surface area contributed by atoms with E-state index in [4.69, 9.17) is 14.2 Å². The first-order valence-corrected chi connectivity index (χ1v) is 12.1. The van der Waals surface area contributed by atoms with E-state index in [1.807, 2.05) is 39.0 Å². The Morgan fingerprint density at radius 3 is 2.37 bits per heavy atom. The van der Waals surface area contributed by atoms with Crippen molar-refractivity contribution in [3.8, 4) is 16.3 Å². The molecule has 0 amide bonds. The third kappa shape index (κ3) is 7.05. The Morgan fingerprint density at radius 1 is 1.06 bits per heavy atom. The van der Waals surface area contributed by atoms with Crippen molar-refractivity contribution in [1.82, 2.24) is 4.98 Å². The molecule has 0 N–H and O–H groups in total. The smallest absolute Gasteiger partial charge is 0.416 e. The zero-order chi connectivity index (χ0) is 25.6. The molecule has 1 unspecified atom stereocenters. The Hall–Kier alpha value is -2.91. The molecule has 9 heteroatoms. The lowest BCUT2D eigenvalue weighted by Crippen LogP contribution is -2.29. The highest BCUT2D eigenvalue weighted by molar-refractivity contribution is 7.15. The Morgan fingerprint density at radius 2 is 1.77 bits per heavy atom. The molecule has 0 aliphatic carbocycles. The molecule has 0 saturated heterocycles. The summed E-state index contributed by atoms with van der Waals surface area (Å²) in [7, 11) is 0. The molecular weight excluding hydrogens is 479 g/mol. The van der Waals surface area contributed by atoms with Crippen molar-refractivity contribution in [3.05, 3.63) is 69.7 Å². The maximum Gasteiger partial charge on any atom is 0.416 e. The number of alkyl halides is 3. The molecule has 0 saturated carbocycles. The average molecular weight is 508 g/mol. The SMILES string of the molecule is CCOC(=O)C(Cc1ccc(OCc2sc(-c3ccc(C(F)(F)F)cc3)nc2C)cc1C)OCC. The second-order valence-corrected chi connectivity index (χ2v) is 8.96. The van der Waals surface area contributed by atoms with Crippen molar-refractivity contribution in [3.63, 3.8) is 0 Å². The molecule has 1 atom stereocenters. The molecule has 0 aliphatic heterocycles. The molecule has 5 nitrogen and oxygen atoms in total. The highest BCUT2D eigenvalue weighted by atomic mass is 32.1. The van der Waals surface area contributed by atoms with Crippen LogP contribution in [0.3, 0.4) is 0 Å². The van der Waals surface area contributed by atoms with Gasteiger partial charge in [-0.1, -0.05) is 18.2 Å². The number of nitrogens with zero attached hydrogens (tertiary/aromatic N) is 1. The molecule has 35 heavy (non-hydrogen) atoms. The van der Waals surface area contributed by atoms with Crippen LogP contribution in [0.2, 0.25) is 0 Å². The number of aromatic nitrogens is 1. The number of hydrogen-bond acceptors (Lipinski definition) is 6. The molecule has 0 bridgehead atoms. The summed E-state index contributed by atoms with van der Waals surface area (Å²) >= 11 is 1.39. The minimum absolute atomic E-state index is 0.285. The van der Waals surface area contributed by atoms with E-state index < -0.39 is 17.8 Å². The van der Waals surface area contributed by atoms with Gasteiger partial charge >= 0.3 is 12.1 Å². The van der Waals surface area contributed by atoms with E-state index in [-0.39, 0.29) is 12.6 Å². The highest BCUT2D eigenvalue weighted by Gasteiger charge is 2.30. The first kappa shape index (κ1) is 26.7.